The summed E-state index contributed by atoms with van der Waals surface area (Å²) in [6.45, 7) is 4.08. The van der Waals surface area contributed by atoms with E-state index in [-0.39, 0.29) is 0 Å². The fraction of sp³-hybridized carbons (Fsp3) is 0.417. The van der Waals surface area contributed by atoms with E-state index < -0.39 is 0 Å². The molecule has 0 spiro atoms. The molecule has 2 aromatic heterocycles. The quantitative estimate of drug-likeness (QED) is 0.921. The van der Waals surface area contributed by atoms with Gasteiger partial charge in [-0.1, -0.05) is 12.1 Å². The summed E-state index contributed by atoms with van der Waals surface area (Å²) in [4.78, 5) is 8.72. The molecule has 1 fully saturated rings. The lowest BCUT2D eigenvalue weighted by atomic mass is 9.98. The van der Waals surface area contributed by atoms with Gasteiger partial charge in [-0.25, -0.2) is 0 Å². The highest BCUT2D eigenvalue weighted by Gasteiger charge is 2.30. The number of aromatic nitrogens is 3. The Balaban J connectivity index is 1.92. The topological polar surface area (TPSA) is 63.8 Å². The summed E-state index contributed by atoms with van der Waals surface area (Å²) in [7, 11) is 0. The molecular weight excluding hydrogens is 296 g/mol. The van der Waals surface area contributed by atoms with Crippen LogP contribution in [0, 0.1) is 5.92 Å². The Hall–Kier alpha value is -1.27. The highest BCUT2D eigenvalue weighted by Crippen LogP contribution is 2.29. The molecule has 5 nitrogen and oxygen atoms in total. The largest absolute Gasteiger partial charge is 0.339 e. The van der Waals surface area contributed by atoms with Crippen LogP contribution >= 0.6 is 15.9 Å². The van der Waals surface area contributed by atoms with Crippen LogP contribution in [0.1, 0.15) is 18.7 Å². The molecule has 1 N–H and O–H groups in total. The minimum absolute atomic E-state index is 0.300. The average Bonchev–Trinajstić information content (AvgIpc) is 2.98. The van der Waals surface area contributed by atoms with E-state index in [0.29, 0.717) is 29.2 Å². The third-order valence-electron chi connectivity index (χ3n) is 3.25. The second kappa shape index (κ2) is 4.78. The van der Waals surface area contributed by atoms with Crippen LogP contribution in [0.25, 0.3) is 11.5 Å². The molecule has 0 radical (unpaired) electrons. The maximum Gasteiger partial charge on any atom is 0.231 e. The first-order valence-corrected chi connectivity index (χ1v) is 6.70. The van der Waals surface area contributed by atoms with Gasteiger partial charge in [0.15, 0.2) is 0 Å². The monoisotopic (exact) mass is 308 g/mol. The fourth-order valence-electron chi connectivity index (χ4n) is 2.17. The van der Waals surface area contributed by atoms with E-state index in [1.54, 1.807) is 6.20 Å². The molecule has 3 rings (SSSR count). The minimum Gasteiger partial charge on any atom is -0.339 e. The van der Waals surface area contributed by atoms with E-state index in [9.17, 15) is 0 Å². The van der Waals surface area contributed by atoms with E-state index in [2.05, 4.69) is 43.3 Å². The highest BCUT2D eigenvalue weighted by atomic mass is 79.9. The van der Waals surface area contributed by atoms with Crippen molar-refractivity contribution in [2.45, 2.75) is 12.8 Å². The first kappa shape index (κ1) is 11.8. The van der Waals surface area contributed by atoms with Crippen LogP contribution in [0.15, 0.2) is 27.3 Å². The number of halogens is 1. The lowest BCUT2D eigenvalue weighted by Gasteiger charge is -2.07. The van der Waals surface area contributed by atoms with E-state index in [1.165, 1.54) is 0 Å². The molecule has 94 valence electrons. The molecule has 1 aliphatic rings. The molecule has 0 aromatic carbocycles. The van der Waals surface area contributed by atoms with Crippen LogP contribution in [-0.2, 0) is 0 Å². The van der Waals surface area contributed by atoms with Crippen LogP contribution in [-0.4, -0.2) is 28.2 Å². The van der Waals surface area contributed by atoms with Gasteiger partial charge >= 0.3 is 0 Å². The van der Waals surface area contributed by atoms with Crippen molar-refractivity contribution < 1.29 is 4.52 Å². The van der Waals surface area contributed by atoms with Crippen LogP contribution in [0.5, 0.6) is 0 Å². The SMILES string of the molecule is CC1CNCC1c1nc(-c2ncccc2Br)no1. The summed E-state index contributed by atoms with van der Waals surface area (Å²) in [6.07, 6.45) is 1.72. The molecule has 6 heteroatoms. The molecular formula is C12H13BrN4O. The van der Waals surface area contributed by atoms with Gasteiger partial charge in [-0.3, -0.25) is 4.98 Å². The first-order valence-electron chi connectivity index (χ1n) is 5.91. The van der Waals surface area contributed by atoms with Crippen LogP contribution in [0.3, 0.4) is 0 Å². The lowest BCUT2D eigenvalue weighted by molar-refractivity contribution is 0.340. The van der Waals surface area contributed by atoms with Gasteiger partial charge in [-0.05, 0) is 40.5 Å². The van der Waals surface area contributed by atoms with Gasteiger partial charge in [-0.15, -0.1) is 0 Å². The van der Waals surface area contributed by atoms with Crippen molar-refractivity contribution in [3.8, 4) is 11.5 Å². The second-order valence-electron chi connectivity index (χ2n) is 4.53. The average molecular weight is 309 g/mol. The standard InChI is InChI=1S/C12H13BrN4O/c1-7-5-14-6-8(7)12-16-11(17-18-12)10-9(13)3-2-4-15-10/h2-4,7-8,14H,5-6H2,1H3. The van der Waals surface area contributed by atoms with Gasteiger partial charge in [0.25, 0.3) is 0 Å². The van der Waals surface area contributed by atoms with Crippen molar-refractivity contribution in [1.29, 1.82) is 0 Å². The fourth-order valence-corrected chi connectivity index (χ4v) is 2.61. The molecule has 18 heavy (non-hydrogen) atoms. The normalized spacial score (nSPS) is 23.4. The predicted molar refractivity (Wildman–Crippen MR) is 70.0 cm³/mol. The van der Waals surface area contributed by atoms with Crippen molar-refractivity contribution in [1.82, 2.24) is 20.4 Å². The molecule has 0 amide bonds. The summed E-state index contributed by atoms with van der Waals surface area (Å²) < 4.78 is 6.24. The van der Waals surface area contributed by atoms with Crippen molar-refractivity contribution >= 4 is 15.9 Å². The number of nitrogens with zero attached hydrogens (tertiary/aromatic N) is 3. The van der Waals surface area contributed by atoms with E-state index in [1.807, 2.05) is 12.1 Å². The molecule has 0 saturated carbocycles. The summed E-state index contributed by atoms with van der Waals surface area (Å²) in [5.41, 5.74) is 0.714. The summed E-state index contributed by atoms with van der Waals surface area (Å²) in [6, 6.07) is 3.77. The van der Waals surface area contributed by atoms with Gasteiger partial charge in [-0.2, -0.15) is 4.98 Å². The van der Waals surface area contributed by atoms with E-state index in [4.69, 9.17) is 4.52 Å². The Morgan fingerprint density at radius 1 is 1.44 bits per heavy atom. The summed E-state index contributed by atoms with van der Waals surface area (Å²) in [5, 5.41) is 7.35. The molecule has 0 bridgehead atoms. The predicted octanol–water partition coefficient (Wildman–Crippen LogP) is 2.22. The Morgan fingerprint density at radius 2 is 2.33 bits per heavy atom. The zero-order chi connectivity index (χ0) is 12.5. The zero-order valence-corrected chi connectivity index (χ0v) is 11.5. The first-order chi connectivity index (χ1) is 8.75. The molecule has 2 aromatic rings. The van der Waals surface area contributed by atoms with Crippen molar-refractivity contribution in [3.05, 3.63) is 28.7 Å². The maximum absolute atomic E-state index is 5.37. The van der Waals surface area contributed by atoms with Crippen LogP contribution in [0.4, 0.5) is 0 Å². The Labute approximate surface area is 113 Å². The highest BCUT2D eigenvalue weighted by molar-refractivity contribution is 9.10. The van der Waals surface area contributed by atoms with Gasteiger partial charge in [0.2, 0.25) is 11.7 Å². The zero-order valence-electron chi connectivity index (χ0n) is 9.93. The number of hydrogen-bond donors (Lipinski definition) is 1. The van der Waals surface area contributed by atoms with Gasteiger partial charge in [0, 0.05) is 17.2 Å². The molecule has 2 unspecified atom stereocenters. The minimum atomic E-state index is 0.300. The second-order valence-corrected chi connectivity index (χ2v) is 5.39. The van der Waals surface area contributed by atoms with Gasteiger partial charge in [0.05, 0.1) is 5.92 Å². The van der Waals surface area contributed by atoms with Gasteiger partial charge < -0.3 is 9.84 Å². The third kappa shape index (κ3) is 2.06. The van der Waals surface area contributed by atoms with Crippen molar-refractivity contribution in [2.75, 3.05) is 13.1 Å². The Bertz CT molecular complexity index is 557. The summed E-state index contributed by atoms with van der Waals surface area (Å²) >= 11 is 3.44. The molecule has 1 aliphatic heterocycles. The number of pyridine rings is 1. The Kier molecular flexibility index (Phi) is 3.13. The Morgan fingerprint density at radius 3 is 3.06 bits per heavy atom. The third-order valence-corrected chi connectivity index (χ3v) is 3.89. The van der Waals surface area contributed by atoms with Crippen LogP contribution < -0.4 is 5.32 Å². The number of hydrogen-bond acceptors (Lipinski definition) is 5. The van der Waals surface area contributed by atoms with E-state index in [0.717, 1.165) is 17.6 Å². The molecule has 0 aliphatic carbocycles. The van der Waals surface area contributed by atoms with Crippen LogP contribution in [0.2, 0.25) is 0 Å². The molecule has 2 atom stereocenters. The molecule has 3 heterocycles. The number of rotatable bonds is 2. The lowest BCUT2D eigenvalue weighted by Crippen LogP contribution is -2.08. The number of nitrogens with one attached hydrogen (secondary N) is 1. The molecule has 1 saturated heterocycles. The smallest absolute Gasteiger partial charge is 0.231 e. The van der Waals surface area contributed by atoms with E-state index >= 15 is 0 Å². The summed E-state index contributed by atoms with van der Waals surface area (Å²) in [5.74, 6) is 2.05. The van der Waals surface area contributed by atoms with Crippen molar-refractivity contribution in [3.63, 3.8) is 0 Å². The van der Waals surface area contributed by atoms with Crippen molar-refractivity contribution in [2.24, 2.45) is 5.92 Å². The van der Waals surface area contributed by atoms with Gasteiger partial charge in [0.1, 0.15) is 5.69 Å². The maximum atomic E-state index is 5.37.